The largest absolute Gasteiger partial charge is 0.497 e. The number of benzene rings is 2. The fourth-order valence-electron chi connectivity index (χ4n) is 1.61. The molecule has 3 nitrogen and oxygen atoms in total. The van der Waals surface area contributed by atoms with Gasteiger partial charge < -0.3 is 9.47 Å². The summed E-state index contributed by atoms with van der Waals surface area (Å²) in [4.78, 5) is 12.0. The molecule has 5 heteroatoms. The van der Waals surface area contributed by atoms with Crippen LogP contribution in [0.25, 0.3) is 0 Å². The molecule has 0 unspecified atom stereocenters. The van der Waals surface area contributed by atoms with Crippen LogP contribution in [0.1, 0.15) is 10.4 Å². The maximum Gasteiger partial charge on any atom is 0.200 e. The van der Waals surface area contributed by atoms with E-state index in [1.165, 1.54) is 0 Å². The fraction of sp³-hybridized carbons (Fsp3) is 0.133. The summed E-state index contributed by atoms with van der Waals surface area (Å²) >= 11 is 11.8. The van der Waals surface area contributed by atoms with Crippen molar-refractivity contribution in [2.75, 3.05) is 13.7 Å². The van der Waals surface area contributed by atoms with Crippen molar-refractivity contribution in [2.24, 2.45) is 0 Å². The van der Waals surface area contributed by atoms with Crippen LogP contribution in [0.3, 0.4) is 0 Å². The molecule has 0 saturated heterocycles. The smallest absolute Gasteiger partial charge is 0.200 e. The molecule has 0 aromatic heterocycles. The normalized spacial score (nSPS) is 10.2. The predicted molar refractivity (Wildman–Crippen MR) is 79.3 cm³/mol. The van der Waals surface area contributed by atoms with Crippen molar-refractivity contribution in [3.8, 4) is 11.5 Å². The molecular formula is C15H12Cl2O3. The van der Waals surface area contributed by atoms with Gasteiger partial charge in [0.05, 0.1) is 12.1 Å². The van der Waals surface area contributed by atoms with E-state index >= 15 is 0 Å². The Bertz CT molecular complexity index is 626. The van der Waals surface area contributed by atoms with Crippen LogP contribution in [0.15, 0.2) is 42.5 Å². The van der Waals surface area contributed by atoms with Gasteiger partial charge in [-0.3, -0.25) is 4.79 Å². The van der Waals surface area contributed by atoms with E-state index in [1.54, 1.807) is 49.6 Å². The van der Waals surface area contributed by atoms with Gasteiger partial charge in [-0.05, 0) is 24.3 Å². The van der Waals surface area contributed by atoms with Gasteiger partial charge in [0.1, 0.15) is 11.5 Å². The highest BCUT2D eigenvalue weighted by Crippen LogP contribution is 2.27. The summed E-state index contributed by atoms with van der Waals surface area (Å²) in [7, 11) is 1.55. The number of carbonyl (C=O) groups is 1. The van der Waals surface area contributed by atoms with Gasteiger partial charge in [-0.15, -0.1) is 0 Å². The van der Waals surface area contributed by atoms with Crippen molar-refractivity contribution in [1.29, 1.82) is 0 Å². The predicted octanol–water partition coefficient (Wildman–Crippen LogP) is 4.26. The van der Waals surface area contributed by atoms with Crippen LogP contribution in [0.4, 0.5) is 0 Å². The van der Waals surface area contributed by atoms with Gasteiger partial charge in [-0.2, -0.15) is 0 Å². The molecule has 104 valence electrons. The molecule has 0 aliphatic heterocycles. The molecule has 0 aliphatic rings. The molecule has 2 rings (SSSR count). The summed E-state index contributed by atoms with van der Waals surface area (Å²) in [5, 5.41) is 0.908. The number of methoxy groups -OCH3 is 1. The number of hydrogen-bond acceptors (Lipinski definition) is 3. The lowest BCUT2D eigenvalue weighted by atomic mass is 10.1. The lowest BCUT2D eigenvalue weighted by Crippen LogP contribution is -2.11. The second kappa shape index (κ2) is 6.64. The van der Waals surface area contributed by atoms with Crippen molar-refractivity contribution >= 4 is 29.0 Å². The van der Waals surface area contributed by atoms with Gasteiger partial charge >= 0.3 is 0 Å². The number of halogens is 2. The molecule has 0 atom stereocenters. The average Bonchev–Trinajstić information content (AvgIpc) is 2.48. The molecule has 0 amide bonds. The molecule has 0 bridgehead atoms. The van der Waals surface area contributed by atoms with Crippen molar-refractivity contribution < 1.29 is 14.3 Å². The van der Waals surface area contributed by atoms with E-state index < -0.39 is 0 Å². The first-order valence-corrected chi connectivity index (χ1v) is 6.61. The lowest BCUT2D eigenvalue weighted by Gasteiger charge is -2.08. The van der Waals surface area contributed by atoms with Crippen molar-refractivity contribution in [3.63, 3.8) is 0 Å². The highest BCUT2D eigenvalue weighted by molar-refractivity contribution is 6.34. The van der Waals surface area contributed by atoms with E-state index in [9.17, 15) is 4.79 Å². The number of Topliss-reactive ketones (excluding diaryl/α,β-unsaturated/α-hetero) is 1. The molecule has 0 N–H and O–H groups in total. The maximum atomic E-state index is 12.0. The SMILES string of the molecule is COc1cccc(C(=O)COc2cc(Cl)ccc2Cl)c1. The van der Waals surface area contributed by atoms with Crippen LogP contribution < -0.4 is 9.47 Å². The fourth-order valence-corrected chi connectivity index (χ4v) is 1.95. The summed E-state index contributed by atoms with van der Waals surface area (Å²) in [6.45, 7) is -0.118. The van der Waals surface area contributed by atoms with Crippen molar-refractivity contribution in [2.45, 2.75) is 0 Å². The summed E-state index contributed by atoms with van der Waals surface area (Å²) in [6.07, 6.45) is 0. The van der Waals surface area contributed by atoms with Gasteiger partial charge in [-0.25, -0.2) is 0 Å². The Balaban J connectivity index is 2.06. The zero-order valence-corrected chi connectivity index (χ0v) is 12.2. The van der Waals surface area contributed by atoms with Gasteiger partial charge in [-0.1, -0.05) is 35.3 Å². The van der Waals surface area contributed by atoms with E-state index in [-0.39, 0.29) is 12.4 Å². The molecule has 2 aromatic rings. The monoisotopic (exact) mass is 310 g/mol. The van der Waals surface area contributed by atoms with Crippen LogP contribution in [0.5, 0.6) is 11.5 Å². The van der Waals surface area contributed by atoms with E-state index in [4.69, 9.17) is 32.7 Å². The van der Waals surface area contributed by atoms with Crippen molar-refractivity contribution in [3.05, 3.63) is 58.1 Å². The Hall–Kier alpha value is -1.71. The topological polar surface area (TPSA) is 35.5 Å². The van der Waals surface area contributed by atoms with Crippen molar-refractivity contribution in [1.82, 2.24) is 0 Å². The summed E-state index contributed by atoms with van der Waals surface area (Å²) in [5.74, 6) is 0.840. The quantitative estimate of drug-likeness (QED) is 0.774. The molecule has 2 aromatic carbocycles. The maximum absolute atomic E-state index is 12.0. The highest BCUT2D eigenvalue weighted by atomic mass is 35.5. The number of ketones is 1. The second-order valence-electron chi connectivity index (χ2n) is 4.02. The van der Waals surface area contributed by atoms with Gasteiger partial charge in [0.25, 0.3) is 0 Å². The molecule has 0 heterocycles. The first-order valence-electron chi connectivity index (χ1n) is 5.85. The Morgan fingerprint density at radius 2 is 1.95 bits per heavy atom. The number of carbonyl (C=O) groups excluding carboxylic acids is 1. The molecule has 0 radical (unpaired) electrons. The minimum absolute atomic E-state index is 0.118. The van der Waals surface area contributed by atoms with Crippen LogP contribution in [-0.2, 0) is 0 Å². The standard InChI is InChI=1S/C15H12Cl2O3/c1-19-12-4-2-3-10(7-12)14(18)9-20-15-8-11(16)5-6-13(15)17/h2-8H,9H2,1H3. The van der Waals surface area contributed by atoms with E-state index in [0.717, 1.165) is 0 Å². The van der Waals surface area contributed by atoms with E-state index in [0.29, 0.717) is 27.1 Å². The zero-order chi connectivity index (χ0) is 14.5. The lowest BCUT2D eigenvalue weighted by molar-refractivity contribution is 0.0921. The van der Waals surface area contributed by atoms with E-state index in [1.807, 2.05) is 0 Å². The van der Waals surface area contributed by atoms with Gasteiger partial charge in [0.15, 0.2) is 12.4 Å². The number of rotatable bonds is 5. The number of ether oxygens (including phenoxy) is 2. The molecule has 0 aliphatic carbocycles. The van der Waals surface area contributed by atoms with Crippen LogP contribution in [0, 0.1) is 0 Å². The molecule has 0 spiro atoms. The molecule has 0 fully saturated rings. The molecule has 0 saturated carbocycles. The molecule has 20 heavy (non-hydrogen) atoms. The summed E-state index contributed by atoms with van der Waals surface area (Å²) < 4.78 is 10.5. The van der Waals surface area contributed by atoms with Crippen LogP contribution in [0.2, 0.25) is 10.0 Å². The molecular weight excluding hydrogens is 299 g/mol. The van der Waals surface area contributed by atoms with Gasteiger partial charge in [0, 0.05) is 16.7 Å². The van der Waals surface area contributed by atoms with Crippen LogP contribution in [-0.4, -0.2) is 19.5 Å². The summed E-state index contributed by atoms with van der Waals surface area (Å²) in [6, 6.07) is 11.7. The highest BCUT2D eigenvalue weighted by Gasteiger charge is 2.10. The Kier molecular flexibility index (Phi) is 4.88. The third kappa shape index (κ3) is 3.65. The van der Waals surface area contributed by atoms with E-state index in [2.05, 4.69) is 0 Å². The second-order valence-corrected chi connectivity index (χ2v) is 4.86. The average molecular weight is 311 g/mol. The Labute approximate surface area is 127 Å². The minimum atomic E-state index is -0.167. The minimum Gasteiger partial charge on any atom is -0.497 e. The number of hydrogen-bond donors (Lipinski definition) is 0. The van der Waals surface area contributed by atoms with Crippen LogP contribution >= 0.6 is 23.2 Å². The first kappa shape index (κ1) is 14.7. The Morgan fingerprint density at radius 1 is 1.15 bits per heavy atom. The summed E-state index contributed by atoms with van der Waals surface area (Å²) in [5.41, 5.74) is 0.516. The third-order valence-electron chi connectivity index (χ3n) is 2.64. The third-order valence-corrected chi connectivity index (χ3v) is 3.19. The van der Waals surface area contributed by atoms with Gasteiger partial charge in [0.2, 0.25) is 0 Å². The zero-order valence-electron chi connectivity index (χ0n) is 10.7. The first-order chi connectivity index (χ1) is 9.60. The Morgan fingerprint density at radius 3 is 2.70 bits per heavy atom.